The van der Waals surface area contributed by atoms with Crippen LogP contribution in [0.3, 0.4) is 0 Å². The number of rotatable bonds is 9. The van der Waals surface area contributed by atoms with Gasteiger partial charge in [-0.15, -0.1) is 0 Å². The molecule has 0 aliphatic carbocycles. The molecular formula is C19H28N4O2. The first kappa shape index (κ1) is 19.0. The Bertz CT molecular complexity index is 682. The van der Waals surface area contributed by atoms with Gasteiger partial charge in [-0.25, -0.2) is 4.98 Å². The fourth-order valence-electron chi connectivity index (χ4n) is 2.56. The Morgan fingerprint density at radius 1 is 1.28 bits per heavy atom. The fraction of sp³-hybridized carbons (Fsp3) is 0.526. The van der Waals surface area contributed by atoms with Gasteiger partial charge in [0.25, 0.3) is 0 Å². The molecule has 0 spiro atoms. The predicted molar refractivity (Wildman–Crippen MR) is 97.4 cm³/mol. The second-order valence-electron chi connectivity index (χ2n) is 6.69. The van der Waals surface area contributed by atoms with E-state index < -0.39 is 0 Å². The summed E-state index contributed by atoms with van der Waals surface area (Å²) in [6, 6.07) is 7.82. The normalized spacial score (nSPS) is 12.2. The lowest BCUT2D eigenvalue weighted by Crippen LogP contribution is -2.32. The number of aryl methyl sites for hydroxylation is 2. The minimum absolute atomic E-state index is 0.0247. The Kier molecular flexibility index (Phi) is 6.98. The van der Waals surface area contributed by atoms with Crippen molar-refractivity contribution in [2.24, 2.45) is 5.92 Å². The van der Waals surface area contributed by atoms with E-state index in [1.165, 1.54) is 5.56 Å². The summed E-state index contributed by atoms with van der Waals surface area (Å²) in [5.41, 5.74) is 1.18. The van der Waals surface area contributed by atoms with Gasteiger partial charge in [-0.2, -0.15) is 5.10 Å². The Labute approximate surface area is 149 Å². The van der Waals surface area contributed by atoms with Gasteiger partial charge in [0.2, 0.25) is 5.91 Å². The minimum atomic E-state index is -0.166. The van der Waals surface area contributed by atoms with Gasteiger partial charge in [-0.1, -0.05) is 26.0 Å². The highest BCUT2D eigenvalue weighted by Crippen LogP contribution is 2.18. The molecule has 1 aromatic carbocycles. The van der Waals surface area contributed by atoms with E-state index in [4.69, 9.17) is 4.74 Å². The van der Waals surface area contributed by atoms with E-state index in [1.54, 1.807) is 0 Å². The van der Waals surface area contributed by atoms with Crippen LogP contribution in [0.15, 0.2) is 24.3 Å². The van der Waals surface area contributed by atoms with Crippen LogP contribution in [0.25, 0.3) is 0 Å². The van der Waals surface area contributed by atoms with Crippen molar-refractivity contribution in [2.45, 2.75) is 53.0 Å². The van der Waals surface area contributed by atoms with E-state index in [-0.39, 0.29) is 17.9 Å². The first-order valence-electron chi connectivity index (χ1n) is 8.83. The van der Waals surface area contributed by atoms with Crippen molar-refractivity contribution in [3.63, 3.8) is 0 Å². The SMILES string of the molecule is Cc1cccc(OCCCCC(=O)N[C@H](c2n[nH]c(C)n2)C(C)C)c1. The van der Waals surface area contributed by atoms with Crippen LogP contribution >= 0.6 is 0 Å². The summed E-state index contributed by atoms with van der Waals surface area (Å²) < 4.78 is 5.70. The van der Waals surface area contributed by atoms with Crippen LogP contribution < -0.4 is 10.1 Å². The zero-order valence-electron chi connectivity index (χ0n) is 15.5. The second kappa shape index (κ2) is 9.20. The molecule has 2 N–H and O–H groups in total. The molecule has 1 amide bonds. The van der Waals surface area contributed by atoms with Crippen molar-refractivity contribution in [1.29, 1.82) is 0 Å². The van der Waals surface area contributed by atoms with E-state index in [2.05, 4.69) is 20.5 Å². The number of aromatic amines is 1. The summed E-state index contributed by atoms with van der Waals surface area (Å²) >= 11 is 0. The Hall–Kier alpha value is -2.37. The van der Waals surface area contributed by atoms with Gasteiger partial charge in [0, 0.05) is 6.42 Å². The topological polar surface area (TPSA) is 79.9 Å². The van der Waals surface area contributed by atoms with Crippen LogP contribution in [0.4, 0.5) is 0 Å². The number of carbonyl (C=O) groups excluding carboxylic acids is 1. The van der Waals surface area contributed by atoms with E-state index in [0.717, 1.165) is 24.4 Å². The molecular weight excluding hydrogens is 316 g/mol. The molecule has 0 aliphatic rings. The maximum absolute atomic E-state index is 12.2. The molecule has 2 aromatic rings. The Morgan fingerprint density at radius 2 is 2.08 bits per heavy atom. The number of H-pyrrole nitrogens is 1. The molecule has 1 aromatic heterocycles. The number of benzene rings is 1. The average Bonchev–Trinajstić information content (AvgIpc) is 2.98. The maximum Gasteiger partial charge on any atom is 0.220 e. The summed E-state index contributed by atoms with van der Waals surface area (Å²) in [7, 11) is 0. The third-order valence-corrected chi connectivity index (χ3v) is 3.93. The number of carbonyl (C=O) groups is 1. The third kappa shape index (κ3) is 6.21. The number of amides is 1. The summed E-state index contributed by atoms with van der Waals surface area (Å²) in [5.74, 6) is 2.52. The van der Waals surface area contributed by atoms with Crippen LogP contribution in [0, 0.1) is 19.8 Å². The van der Waals surface area contributed by atoms with Gasteiger partial charge < -0.3 is 10.1 Å². The number of unbranched alkanes of at least 4 members (excludes halogenated alkanes) is 1. The standard InChI is InChI=1S/C19H28N4O2/c1-13(2)18(19-20-15(4)22-23-19)21-17(24)10-5-6-11-25-16-9-7-8-14(3)12-16/h7-9,12-13,18H,5-6,10-11H2,1-4H3,(H,21,24)(H,20,22,23)/t18-/m0/s1. The van der Waals surface area contributed by atoms with Gasteiger partial charge >= 0.3 is 0 Å². The zero-order chi connectivity index (χ0) is 18.2. The molecule has 0 saturated heterocycles. The fourth-order valence-corrected chi connectivity index (χ4v) is 2.56. The quantitative estimate of drug-likeness (QED) is 0.683. The Morgan fingerprint density at radius 3 is 2.72 bits per heavy atom. The number of nitrogens with zero attached hydrogens (tertiary/aromatic N) is 2. The van der Waals surface area contributed by atoms with Gasteiger partial charge in [-0.05, 0) is 50.3 Å². The highest BCUT2D eigenvalue weighted by atomic mass is 16.5. The monoisotopic (exact) mass is 344 g/mol. The van der Waals surface area contributed by atoms with Crippen molar-refractivity contribution < 1.29 is 9.53 Å². The molecule has 2 rings (SSSR count). The number of nitrogens with one attached hydrogen (secondary N) is 2. The largest absolute Gasteiger partial charge is 0.494 e. The Balaban J connectivity index is 1.70. The van der Waals surface area contributed by atoms with Crippen molar-refractivity contribution in [2.75, 3.05) is 6.61 Å². The van der Waals surface area contributed by atoms with E-state index in [1.807, 2.05) is 52.0 Å². The van der Waals surface area contributed by atoms with Crippen molar-refractivity contribution in [3.05, 3.63) is 41.5 Å². The van der Waals surface area contributed by atoms with Gasteiger partial charge in [0.1, 0.15) is 11.6 Å². The van der Waals surface area contributed by atoms with Crippen molar-refractivity contribution in [3.8, 4) is 5.75 Å². The lowest BCUT2D eigenvalue weighted by molar-refractivity contribution is -0.122. The molecule has 0 radical (unpaired) electrons. The number of ether oxygens (including phenoxy) is 1. The molecule has 0 fully saturated rings. The summed E-state index contributed by atoms with van der Waals surface area (Å²) in [5, 5.41) is 10.0. The van der Waals surface area contributed by atoms with E-state index >= 15 is 0 Å². The third-order valence-electron chi connectivity index (χ3n) is 3.93. The second-order valence-corrected chi connectivity index (χ2v) is 6.69. The molecule has 0 saturated carbocycles. The number of aromatic nitrogens is 3. The number of hydrogen-bond donors (Lipinski definition) is 2. The number of hydrogen-bond acceptors (Lipinski definition) is 4. The molecule has 6 heteroatoms. The highest BCUT2D eigenvalue weighted by Gasteiger charge is 2.21. The van der Waals surface area contributed by atoms with Crippen LogP contribution in [0.1, 0.15) is 56.4 Å². The van der Waals surface area contributed by atoms with Crippen LogP contribution in [-0.4, -0.2) is 27.7 Å². The van der Waals surface area contributed by atoms with E-state index in [0.29, 0.717) is 18.9 Å². The van der Waals surface area contributed by atoms with Gasteiger partial charge in [-0.3, -0.25) is 9.89 Å². The molecule has 0 aliphatic heterocycles. The summed E-state index contributed by atoms with van der Waals surface area (Å²) in [6.07, 6.45) is 2.10. The molecule has 1 heterocycles. The predicted octanol–water partition coefficient (Wildman–Crippen LogP) is 3.48. The molecule has 0 unspecified atom stereocenters. The summed E-state index contributed by atoms with van der Waals surface area (Å²) in [6.45, 7) is 8.60. The molecule has 0 bridgehead atoms. The van der Waals surface area contributed by atoms with Crippen LogP contribution in [-0.2, 0) is 4.79 Å². The molecule has 25 heavy (non-hydrogen) atoms. The minimum Gasteiger partial charge on any atom is -0.494 e. The highest BCUT2D eigenvalue weighted by molar-refractivity contribution is 5.76. The summed E-state index contributed by atoms with van der Waals surface area (Å²) in [4.78, 5) is 16.5. The molecule has 136 valence electrons. The lowest BCUT2D eigenvalue weighted by Gasteiger charge is -2.19. The maximum atomic E-state index is 12.2. The molecule has 6 nitrogen and oxygen atoms in total. The van der Waals surface area contributed by atoms with Crippen molar-refractivity contribution >= 4 is 5.91 Å². The zero-order valence-corrected chi connectivity index (χ0v) is 15.5. The van der Waals surface area contributed by atoms with E-state index in [9.17, 15) is 4.79 Å². The first-order valence-corrected chi connectivity index (χ1v) is 8.83. The molecule has 1 atom stereocenters. The lowest BCUT2D eigenvalue weighted by atomic mass is 10.0. The van der Waals surface area contributed by atoms with Crippen LogP contribution in [0.5, 0.6) is 5.75 Å². The van der Waals surface area contributed by atoms with Crippen molar-refractivity contribution in [1.82, 2.24) is 20.5 Å². The van der Waals surface area contributed by atoms with Gasteiger partial charge in [0.15, 0.2) is 5.82 Å². The average molecular weight is 344 g/mol. The van der Waals surface area contributed by atoms with Gasteiger partial charge in [0.05, 0.1) is 12.6 Å². The smallest absolute Gasteiger partial charge is 0.220 e. The first-order chi connectivity index (χ1) is 12.0. The van der Waals surface area contributed by atoms with Crippen LogP contribution in [0.2, 0.25) is 0 Å².